The molecule has 1 aromatic heterocycles. The van der Waals surface area contributed by atoms with E-state index in [1.807, 2.05) is 0 Å². The number of carbonyl (C=O) groups excluding carboxylic acids is 1. The molecule has 0 aliphatic rings. The summed E-state index contributed by atoms with van der Waals surface area (Å²) in [7, 11) is 1.69. The van der Waals surface area contributed by atoms with E-state index >= 15 is 0 Å². The molecule has 0 aromatic carbocycles. The third-order valence-corrected chi connectivity index (χ3v) is 1.79. The maximum Gasteiger partial charge on any atom is 0.223 e. The Bertz CT molecular complexity index is 284. The summed E-state index contributed by atoms with van der Waals surface area (Å²) in [6.45, 7) is 1.49. The molecule has 1 amide bonds. The second kappa shape index (κ2) is 3.54. The minimum absolute atomic E-state index is 0.0286. The number of hydrogen-bond donors (Lipinski definition) is 0. The lowest BCUT2D eigenvalue weighted by atomic mass is 10.4. The molecular weight excluding hydrogens is 176 g/mol. The lowest BCUT2D eigenvalue weighted by Crippen LogP contribution is -2.22. The molecule has 0 saturated carbocycles. The zero-order valence-electron chi connectivity index (χ0n) is 6.91. The Kier molecular flexibility index (Phi) is 2.65. The van der Waals surface area contributed by atoms with E-state index in [4.69, 9.17) is 11.6 Å². The number of hydrogen-bond acceptors (Lipinski definition) is 2. The van der Waals surface area contributed by atoms with Gasteiger partial charge in [0, 0.05) is 14.0 Å². The van der Waals surface area contributed by atoms with Crippen LogP contribution in [0.1, 0.15) is 6.92 Å². The first-order valence-corrected chi connectivity index (χ1v) is 3.85. The lowest BCUT2D eigenvalue weighted by molar-refractivity contribution is -0.116. The summed E-state index contributed by atoms with van der Waals surface area (Å²) in [5.41, 5.74) is 0.743. The maximum absolute atomic E-state index is 10.9. The molecule has 0 bridgehead atoms. The van der Waals surface area contributed by atoms with Gasteiger partial charge in [0.1, 0.15) is 5.15 Å². The summed E-state index contributed by atoms with van der Waals surface area (Å²) < 4.78 is 0. The van der Waals surface area contributed by atoms with E-state index in [1.54, 1.807) is 25.4 Å². The minimum atomic E-state index is -0.0286. The molecule has 12 heavy (non-hydrogen) atoms. The van der Waals surface area contributed by atoms with Crippen LogP contribution in [0.4, 0.5) is 5.69 Å². The van der Waals surface area contributed by atoms with Gasteiger partial charge in [-0.15, -0.1) is 0 Å². The molecule has 0 atom stereocenters. The molecule has 1 aromatic rings. The lowest BCUT2D eigenvalue weighted by Gasteiger charge is -2.13. The van der Waals surface area contributed by atoms with Gasteiger partial charge in [-0.25, -0.2) is 4.98 Å². The zero-order chi connectivity index (χ0) is 9.14. The topological polar surface area (TPSA) is 33.2 Å². The first-order chi connectivity index (χ1) is 5.61. The van der Waals surface area contributed by atoms with E-state index < -0.39 is 0 Å². The van der Waals surface area contributed by atoms with Crippen molar-refractivity contribution in [2.24, 2.45) is 0 Å². The van der Waals surface area contributed by atoms with Crippen LogP contribution in [-0.2, 0) is 4.79 Å². The minimum Gasteiger partial charge on any atom is -0.314 e. The van der Waals surface area contributed by atoms with Gasteiger partial charge in [-0.2, -0.15) is 0 Å². The molecule has 64 valence electrons. The quantitative estimate of drug-likeness (QED) is 0.623. The van der Waals surface area contributed by atoms with Gasteiger partial charge in [-0.05, 0) is 12.1 Å². The van der Waals surface area contributed by atoms with Crippen LogP contribution in [0.3, 0.4) is 0 Å². The van der Waals surface area contributed by atoms with Gasteiger partial charge >= 0.3 is 0 Å². The fourth-order valence-electron chi connectivity index (χ4n) is 0.748. The number of nitrogens with zero attached hydrogens (tertiary/aromatic N) is 2. The second-order valence-electron chi connectivity index (χ2n) is 2.42. The van der Waals surface area contributed by atoms with E-state index in [0.29, 0.717) is 5.15 Å². The number of anilines is 1. The molecule has 0 N–H and O–H groups in total. The van der Waals surface area contributed by atoms with E-state index in [2.05, 4.69) is 4.98 Å². The third kappa shape index (κ3) is 1.95. The Balaban J connectivity index is 2.89. The number of halogens is 1. The highest BCUT2D eigenvalue weighted by atomic mass is 35.5. The number of carbonyl (C=O) groups is 1. The summed E-state index contributed by atoms with van der Waals surface area (Å²) in [4.78, 5) is 16.3. The maximum atomic E-state index is 10.9. The van der Waals surface area contributed by atoms with Gasteiger partial charge in [-0.1, -0.05) is 11.6 Å². The number of aromatic nitrogens is 1. The summed E-state index contributed by atoms with van der Waals surface area (Å²) in [5, 5.41) is 0.427. The predicted octanol–water partition coefficient (Wildman–Crippen LogP) is 1.72. The normalized spacial score (nSPS) is 9.58. The Morgan fingerprint density at radius 1 is 1.58 bits per heavy atom. The average molecular weight is 185 g/mol. The third-order valence-electron chi connectivity index (χ3n) is 1.57. The highest BCUT2D eigenvalue weighted by Crippen LogP contribution is 2.13. The molecule has 1 heterocycles. The fourth-order valence-corrected chi connectivity index (χ4v) is 0.860. The Morgan fingerprint density at radius 3 is 2.67 bits per heavy atom. The van der Waals surface area contributed by atoms with Gasteiger partial charge < -0.3 is 4.90 Å². The first kappa shape index (κ1) is 9.00. The number of pyridine rings is 1. The van der Waals surface area contributed by atoms with Crippen molar-refractivity contribution in [3.63, 3.8) is 0 Å². The zero-order valence-corrected chi connectivity index (χ0v) is 7.67. The van der Waals surface area contributed by atoms with Crippen LogP contribution in [0, 0.1) is 0 Å². The van der Waals surface area contributed by atoms with Crippen molar-refractivity contribution in [1.82, 2.24) is 4.98 Å². The summed E-state index contributed by atoms with van der Waals surface area (Å²) >= 11 is 5.58. The van der Waals surface area contributed by atoms with Gasteiger partial charge in [0.05, 0.1) is 11.9 Å². The van der Waals surface area contributed by atoms with Crippen molar-refractivity contribution in [2.75, 3.05) is 11.9 Å². The molecule has 4 heteroatoms. The Hall–Kier alpha value is -1.09. The van der Waals surface area contributed by atoms with Crippen molar-refractivity contribution >= 4 is 23.2 Å². The molecule has 0 radical (unpaired) electrons. The van der Waals surface area contributed by atoms with Crippen LogP contribution >= 0.6 is 11.6 Å². The van der Waals surface area contributed by atoms with Crippen molar-refractivity contribution in [3.05, 3.63) is 23.5 Å². The van der Waals surface area contributed by atoms with Crippen molar-refractivity contribution < 1.29 is 4.79 Å². The largest absolute Gasteiger partial charge is 0.314 e. The molecule has 3 nitrogen and oxygen atoms in total. The fraction of sp³-hybridized carbons (Fsp3) is 0.250. The highest BCUT2D eigenvalue weighted by molar-refractivity contribution is 6.29. The van der Waals surface area contributed by atoms with Gasteiger partial charge in [-0.3, -0.25) is 4.79 Å². The molecule has 0 unspecified atom stereocenters. The number of amides is 1. The van der Waals surface area contributed by atoms with Crippen LogP contribution in [0.15, 0.2) is 18.3 Å². The van der Waals surface area contributed by atoms with E-state index in [-0.39, 0.29) is 5.91 Å². The first-order valence-electron chi connectivity index (χ1n) is 3.47. The van der Waals surface area contributed by atoms with Crippen LogP contribution in [-0.4, -0.2) is 17.9 Å². The van der Waals surface area contributed by atoms with Crippen LogP contribution in [0.5, 0.6) is 0 Å². The van der Waals surface area contributed by atoms with E-state index in [0.717, 1.165) is 5.69 Å². The summed E-state index contributed by atoms with van der Waals surface area (Å²) in [6, 6.07) is 3.40. The average Bonchev–Trinajstić information content (AvgIpc) is 2.04. The van der Waals surface area contributed by atoms with Gasteiger partial charge in [0.15, 0.2) is 0 Å². The van der Waals surface area contributed by atoms with E-state index in [1.165, 1.54) is 11.8 Å². The Labute approximate surface area is 76.0 Å². The van der Waals surface area contributed by atoms with Crippen LogP contribution in [0.25, 0.3) is 0 Å². The molecule has 0 aliphatic heterocycles. The second-order valence-corrected chi connectivity index (χ2v) is 2.80. The molecule has 0 saturated heterocycles. The van der Waals surface area contributed by atoms with Gasteiger partial charge in [0.25, 0.3) is 0 Å². The van der Waals surface area contributed by atoms with Crippen LogP contribution in [0.2, 0.25) is 5.15 Å². The molecule has 0 spiro atoms. The molecule has 0 fully saturated rings. The predicted molar refractivity (Wildman–Crippen MR) is 48.3 cm³/mol. The number of rotatable bonds is 1. The van der Waals surface area contributed by atoms with Crippen molar-refractivity contribution in [1.29, 1.82) is 0 Å². The molecular formula is C8H9ClN2O. The standard InChI is InChI=1S/C8H9ClN2O/c1-6(12)11(2)7-3-4-8(9)10-5-7/h3-5H,1-2H3. The van der Waals surface area contributed by atoms with Gasteiger partial charge in [0.2, 0.25) is 5.91 Å². The monoisotopic (exact) mass is 184 g/mol. The summed E-state index contributed by atoms with van der Waals surface area (Å²) in [5.74, 6) is -0.0286. The van der Waals surface area contributed by atoms with E-state index in [9.17, 15) is 4.79 Å². The highest BCUT2D eigenvalue weighted by Gasteiger charge is 2.04. The molecule has 1 rings (SSSR count). The SMILES string of the molecule is CC(=O)N(C)c1ccc(Cl)nc1. The molecule has 0 aliphatic carbocycles. The smallest absolute Gasteiger partial charge is 0.223 e. The Morgan fingerprint density at radius 2 is 2.25 bits per heavy atom. The van der Waals surface area contributed by atoms with Crippen molar-refractivity contribution in [3.8, 4) is 0 Å². The van der Waals surface area contributed by atoms with Crippen molar-refractivity contribution in [2.45, 2.75) is 6.92 Å². The summed E-state index contributed by atoms with van der Waals surface area (Å²) in [6.07, 6.45) is 1.56. The van der Waals surface area contributed by atoms with Crippen LogP contribution < -0.4 is 4.90 Å².